The number of hydrogen-bond acceptors (Lipinski definition) is 1. The van der Waals surface area contributed by atoms with Crippen molar-refractivity contribution in [1.29, 1.82) is 5.39 Å². The van der Waals surface area contributed by atoms with Gasteiger partial charge in [0.05, 0.1) is 6.07 Å². The molecular formula is C6H3BBrF5N2. The predicted molar refractivity (Wildman–Crippen MR) is 49.0 cm³/mol. The van der Waals surface area contributed by atoms with Crippen LogP contribution < -0.4 is 0 Å². The third-order valence-corrected chi connectivity index (χ3v) is 1.69. The number of hydrogen-bond donors (Lipinski definition) is 0. The van der Waals surface area contributed by atoms with Gasteiger partial charge in [-0.05, 0) is 28.1 Å². The van der Waals surface area contributed by atoms with Gasteiger partial charge in [-0.1, -0.05) is 0 Å². The van der Waals surface area contributed by atoms with Gasteiger partial charge in [-0.3, -0.25) is 0 Å². The summed E-state index contributed by atoms with van der Waals surface area (Å²) in [6.45, 7) is 0. The van der Waals surface area contributed by atoms with E-state index in [1.54, 1.807) is 0 Å². The van der Waals surface area contributed by atoms with Crippen molar-refractivity contribution in [3.63, 3.8) is 0 Å². The maximum atomic E-state index is 12.3. The fraction of sp³-hybridized carbons (Fsp3) is 0. The number of diazo groups is 1. The van der Waals surface area contributed by atoms with E-state index in [1.165, 1.54) is 12.1 Å². The Morgan fingerprint density at radius 1 is 1.20 bits per heavy atom. The SMILES string of the molecule is F[B-](F)(F)F.N#[N+]c1cc(F)ccc1Br. The lowest BCUT2D eigenvalue weighted by Crippen LogP contribution is -2.02. The first-order valence-electron chi connectivity index (χ1n) is 3.41. The van der Waals surface area contributed by atoms with E-state index in [0.29, 0.717) is 4.47 Å². The van der Waals surface area contributed by atoms with Crippen LogP contribution in [0.25, 0.3) is 4.98 Å². The molecule has 0 fully saturated rings. The molecule has 0 amide bonds. The second-order valence-corrected chi connectivity index (χ2v) is 3.04. The summed E-state index contributed by atoms with van der Waals surface area (Å²) >= 11 is 3.07. The van der Waals surface area contributed by atoms with Gasteiger partial charge in [0.15, 0.2) is 4.98 Å². The summed E-state index contributed by atoms with van der Waals surface area (Å²) in [6.07, 6.45) is 0. The van der Waals surface area contributed by atoms with E-state index in [2.05, 4.69) is 20.9 Å². The molecule has 0 spiro atoms. The molecular weight excluding hydrogens is 286 g/mol. The molecule has 1 aromatic carbocycles. The van der Waals surface area contributed by atoms with Gasteiger partial charge in [0.25, 0.3) is 0 Å². The highest BCUT2D eigenvalue weighted by Crippen LogP contribution is 2.25. The first kappa shape index (κ1) is 13.8. The Balaban J connectivity index is 0.000000336. The Labute approximate surface area is 89.9 Å². The van der Waals surface area contributed by atoms with Crippen molar-refractivity contribution in [3.05, 3.63) is 33.5 Å². The van der Waals surface area contributed by atoms with Crippen LogP contribution >= 0.6 is 15.9 Å². The highest BCUT2D eigenvalue weighted by atomic mass is 79.9. The van der Waals surface area contributed by atoms with Crippen molar-refractivity contribution in [2.75, 3.05) is 0 Å². The molecule has 2 nitrogen and oxygen atoms in total. The van der Waals surface area contributed by atoms with Crippen LogP contribution in [0.4, 0.5) is 27.3 Å². The molecule has 0 aromatic heterocycles. The van der Waals surface area contributed by atoms with Crippen LogP contribution in [0.15, 0.2) is 22.7 Å². The quantitative estimate of drug-likeness (QED) is 0.396. The second-order valence-electron chi connectivity index (χ2n) is 2.19. The summed E-state index contributed by atoms with van der Waals surface area (Å²) in [4.78, 5) is 2.84. The predicted octanol–water partition coefficient (Wildman–Crippen LogP) is 4.37. The molecule has 0 heterocycles. The Morgan fingerprint density at radius 2 is 1.67 bits per heavy atom. The van der Waals surface area contributed by atoms with Gasteiger partial charge < -0.3 is 17.3 Å². The van der Waals surface area contributed by atoms with Gasteiger partial charge >= 0.3 is 12.9 Å². The van der Waals surface area contributed by atoms with Gasteiger partial charge in [-0.2, -0.15) is 0 Å². The van der Waals surface area contributed by atoms with Crippen molar-refractivity contribution in [2.45, 2.75) is 0 Å². The topological polar surface area (TPSA) is 28.1 Å². The van der Waals surface area contributed by atoms with Crippen LogP contribution in [-0.2, 0) is 0 Å². The summed E-state index contributed by atoms with van der Waals surface area (Å²) in [5, 5.41) is 8.27. The highest BCUT2D eigenvalue weighted by molar-refractivity contribution is 9.10. The van der Waals surface area contributed by atoms with E-state index in [4.69, 9.17) is 5.39 Å². The molecule has 0 atom stereocenters. The van der Waals surface area contributed by atoms with Gasteiger partial charge in [0.1, 0.15) is 10.3 Å². The van der Waals surface area contributed by atoms with E-state index >= 15 is 0 Å². The normalized spacial score (nSPS) is 9.93. The minimum atomic E-state index is -6.00. The van der Waals surface area contributed by atoms with Crippen molar-refractivity contribution in [2.24, 2.45) is 0 Å². The molecule has 1 rings (SSSR count). The largest absolute Gasteiger partial charge is 0.673 e. The molecule has 0 saturated carbocycles. The number of halogens is 6. The lowest BCUT2D eigenvalue weighted by atomic mass is 10.3. The maximum absolute atomic E-state index is 12.3. The number of nitrogens with zero attached hydrogens (tertiary/aromatic N) is 2. The Hall–Kier alpha value is -1.17. The Morgan fingerprint density at radius 3 is 2.00 bits per heavy atom. The van der Waals surface area contributed by atoms with E-state index in [1.807, 2.05) is 0 Å². The fourth-order valence-electron chi connectivity index (χ4n) is 0.562. The van der Waals surface area contributed by atoms with Gasteiger partial charge in [-0.25, -0.2) is 4.39 Å². The van der Waals surface area contributed by atoms with Crippen molar-refractivity contribution < 1.29 is 21.7 Å². The first-order chi connectivity index (χ1) is 6.74. The molecule has 0 aliphatic rings. The van der Waals surface area contributed by atoms with Gasteiger partial charge in [0, 0.05) is 0 Å². The van der Waals surface area contributed by atoms with E-state index in [9.17, 15) is 21.7 Å². The average molecular weight is 289 g/mol. The molecule has 0 N–H and O–H groups in total. The van der Waals surface area contributed by atoms with Crippen molar-refractivity contribution in [1.82, 2.24) is 0 Å². The fourth-order valence-corrected chi connectivity index (χ4v) is 0.888. The van der Waals surface area contributed by atoms with Gasteiger partial charge in [-0.15, -0.1) is 0 Å². The summed E-state index contributed by atoms with van der Waals surface area (Å²) in [5.41, 5.74) is 0.194. The molecule has 0 aliphatic heterocycles. The average Bonchev–Trinajstić information content (AvgIpc) is 2.06. The lowest BCUT2D eigenvalue weighted by Gasteiger charge is -1.94. The minimum Gasteiger partial charge on any atom is -0.418 e. The zero-order valence-corrected chi connectivity index (χ0v) is 8.56. The van der Waals surface area contributed by atoms with Crippen LogP contribution in [0.2, 0.25) is 0 Å². The van der Waals surface area contributed by atoms with E-state index in [0.717, 1.165) is 6.07 Å². The molecule has 0 radical (unpaired) electrons. The zero-order valence-electron chi connectivity index (χ0n) is 6.97. The molecule has 0 unspecified atom stereocenters. The molecule has 0 saturated heterocycles. The lowest BCUT2D eigenvalue weighted by molar-refractivity contribution is 0.368. The van der Waals surface area contributed by atoms with Crippen molar-refractivity contribution in [3.8, 4) is 0 Å². The molecule has 0 bridgehead atoms. The highest BCUT2D eigenvalue weighted by Gasteiger charge is 2.20. The molecule has 15 heavy (non-hydrogen) atoms. The van der Waals surface area contributed by atoms with Crippen LogP contribution in [0, 0.1) is 11.2 Å². The molecule has 82 valence electrons. The van der Waals surface area contributed by atoms with Crippen LogP contribution in [0.1, 0.15) is 0 Å². The third-order valence-electron chi connectivity index (χ3n) is 1.02. The maximum Gasteiger partial charge on any atom is 0.673 e. The van der Waals surface area contributed by atoms with E-state index < -0.39 is 13.1 Å². The first-order valence-corrected chi connectivity index (χ1v) is 4.21. The third kappa shape index (κ3) is 7.87. The zero-order chi connectivity index (χ0) is 12.1. The van der Waals surface area contributed by atoms with E-state index in [-0.39, 0.29) is 5.69 Å². The smallest absolute Gasteiger partial charge is 0.418 e. The minimum absolute atomic E-state index is 0.194. The monoisotopic (exact) mass is 288 g/mol. The summed E-state index contributed by atoms with van der Waals surface area (Å²) in [5.74, 6) is -0.420. The number of benzene rings is 1. The Bertz CT molecular complexity index is 369. The Kier molecular flexibility index (Phi) is 5.21. The van der Waals surface area contributed by atoms with Crippen LogP contribution in [0.5, 0.6) is 0 Å². The molecule has 1 aromatic rings. The summed E-state index contributed by atoms with van der Waals surface area (Å²) in [6, 6.07) is 3.88. The summed E-state index contributed by atoms with van der Waals surface area (Å²) in [7, 11) is -6.00. The van der Waals surface area contributed by atoms with Crippen LogP contribution in [-0.4, -0.2) is 7.25 Å². The molecule has 9 heteroatoms. The van der Waals surface area contributed by atoms with Gasteiger partial charge in [0.2, 0.25) is 5.39 Å². The van der Waals surface area contributed by atoms with Crippen LogP contribution in [0.3, 0.4) is 0 Å². The summed E-state index contributed by atoms with van der Waals surface area (Å²) < 4.78 is 51.9. The standard InChI is InChI=1S/C6H3BrFN2.BF4/c7-5-2-1-4(8)3-6(5)10-9;2-1(3,4)5/h1-3H;/q+1;-1. The molecule has 0 aliphatic carbocycles. The van der Waals surface area contributed by atoms with Crippen molar-refractivity contribution >= 4 is 28.9 Å². The number of rotatable bonds is 0. The second kappa shape index (κ2) is 5.65.